The fraction of sp³-hybridized carbons (Fsp3) is 0.536. The third-order valence-electron chi connectivity index (χ3n) is 7.05. The molecular weight excluding hydrogens is 599 g/mol. The number of carbonyl (C=O) groups is 1. The minimum atomic E-state index is -0.473. The number of ether oxygens (including phenoxy) is 2. The largest absolute Gasteiger partial charge is 0.444 e. The number of nitrogens with zero attached hydrogens (tertiary/aromatic N) is 4. The first-order valence-electron chi connectivity index (χ1n) is 13.1. The third kappa shape index (κ3) is 5.63. The fourth-order valence-corrected chi connectivity index (χ4v) is 8.50. The Balaban J connectivity index is 1.46. The number of rotatable bonds is 3. The van der Waals surface area contributed by atoms with Crippen LogP contribution in [0, 0.1) is 11.4 Å². The summed E-state index contributed by atoms with van der Waals surface area (Å²) in [5.74, 6) is 0. The Kier molecular flexibility index (Phi) is 7.75. The molecule has 2 saturated heterocycles. The summed E-state index contributed by atoms with van der Waals surface area (Å²) in [6, 6.07) is 9.29. The van der Waals surface area contributed by atoms with E-state index in [0.717, 1.165) is 56.9 Å². The van der Waals surface area contributed by atoms with Gasteiger partial charge in [0, 0.05) is 60.0 Å². The van der Waals surface area contributed by atoms with Crippen LogP contribution < -0.4 is 15.2 Å². The van der Waals surface area contributed by atoms with Crippen LogP contribution in [0.2, 0.25) is 0 Å². The molecule has 9 heteroatoms. The van der Waals surface area contributed by atoms with Gasteiger partial charge in [-0.25, -0.2) is 9.79 Å². The summed E-state index contributed by atoms with van der Waals surface area (Å²) in [5, 5.41) is 1.13. The first-order chi connectivity index (χ1) is 17.6. The Morgan fingerprint density at radius 2 is 1.68 bits per heavy atom. The lowest BCUT2D eigenvalue weighted by atomic mass is 10.1. The quantitative estimate of drug-likeness (QED) is 0.323. The molecule has 0 N–H and O–H groups in total. The Hall–Kier alpha value is -1.85. The van der Waals surface area contributed by atoms with Crippen LogP contribution in [0.25, 0.3) is 0 Å². The fourth-order valence-electron chi connectivity index (χ4n) is 5.08. The Morgan fingerprint density at radius 3 is 2.32 bits per heavy atom. The second kappa shape index (κ2) is 10.7. The minimum Gasteiger partial charge on any atom is -0.444 e. The van der Waals surface area contributed by atoms with Crippen LogP contribution in [-0.4, -0.2) is 69.1 Å². The van der Waals surface area contributed by atoms with Crippen LogP contribution in [0.5, 0.6) is 0 Å². The third-order valence-corrected chi connectivity index (χ3v) is 11.3. The van der Waals surface area contributed by atoms with Crippen LogP contribution in [0.15, 0.2) is 34.2 Å². The molecule has 1 unspecified atom stereocenters. The molecule has 2 aromatic carbocycles. The van der Waals surface area contributed by atoms with Crippen molar-refractivity contribution < 1.29 is 14.3 Å². The van der Waals surface area contributed by atoms with E-state index in [-0.39, 0.29) is 13.7 Å². The van der Waals surface area contributed by atoms with Gasteiger partial charge in [-0.1, -0.05) is 14.6 Å². The molecule has 0 aliphatic carbocycles. The molecule has 200 valence electrons. The van der Waals surface area contributed by atoms with Gasteiger partial charge in [0.05, 0.1) is 24.3 Å². The van der Waals surface area contributed by atoms with Crippen molar-refractivity contribution >= 4 is 52.0 Å². The van der Waals surface area contributed by atoms with E-state index in [1.54, 1.807) is 0 Å². The monoisotopic (exact) mass is 636 g/mol. The van der Waals surface area contributed by atoms with Gasteiger partial charge in [-0.05, 0) is 90.7 Å². The Bertz CT molecular complexity index is 1330. The molecule has 3 aliphatic rings. The van der Waals surface area contributed by atoms with Crippen molar-refractivity contribution in [3.05, 3.63) is 45.3 Å². The number of benzene rings is 2. The van der Waals surface area contributed by atoms with Gasteiger partial charge in [0.1, 0.15) is 5.60 Å². The lowest BCUT2D eigenvalue weighted by molar-refractivity contribution is 0.0240. The van der Waals surface area contributed by atoms with Crippen LogP contribution in [0.3, 0.4) is 0 Å². The topological polar surface area (TPSA) is 57.6 Å². The summed E-state index contributed by atoms with van der Waals surface area (Å²) < 4.78 is 12.5. The Morgan fingerprint density at radius 1 is 1.03 bits per heavy atom. The second-order valence-electron chi connectivity index (χ2n) is 10.8. The number of hydrogen-bond acceptors (Lipinski definition) is 6. The van der Waals surface area contributed by atoms with Crippen LogP contribution in [-0.2, 0) is 15.9 Å². The van der Waals surface area contributed by atoms with Crippen LogP contribution in [0.1, 0.15) is 38.8 Å². The van der Waals surface area contributed by atoms with E-state index in [0.29, 0.717) is 13.1 Å². The molecule has 0 bridgehead atoms. The minimum absolute atomic E-state index is 0.110. The van der Waals surface area contributed by atoms with Crippen molar-refractivity contribution in [1.82, 2.24) is 4.90 Å². The van der Waals surface area contributed by atoms with Crippen LogP contribution >= 0.6 is 28.9 Å². The normalized spacial score (nSPS) is 19.7. The second-order valence-corrected chi connectivity index (χ2v) is 14.9. The van der Waals surface area contributed by atoms with Gasteiger partial charge in [0.15, 0.2) is 0 Å². The van der Waals surface area contributed by atoms with E-state index < -0.39 is 5.60 Å². The number of fused-ring (bicyclic) bond motifs is 2. The summed E-state index contributed by atoms with van der Waals surface area (Å²) >= 11 is 2.63. The highest BCUT2D eigenvalue weighted by Crippen LogP contribution is 2.48. The number of hydrogen-bond donors (Lipinski definition) is 0. The standard InChI is InChI=1S/C28H37IN4O3S/c1-6-20-16-22(31-7-9-33(10-8-31)27(34)36-28(3,4)5)18-24-26(20)30-25-19(2)15-21(17-23(25)37(24)29)32-11-13-35-14-12-32/h15-18H,6-14H2,1-5H3. The maximum atomic E-state index is 12.5. The van der Waals surface area contributed by atoms with E-state index in [2.05, 4.69) is 69.1 Å². The maximum Gasteiger partial charge on any atom is 0.410 e. The van der Waals surface area contributed by atoms with Gasteiger partial charge >= 0.3 is 6.09 Å². The average molecular weight is 637 g/mol. The molecule has 1 amide bonds. The first-order valence-corrected chi connectivity index (χ1v) is 16.9. The van der Waals surface area contributed by atoms with Crippen molar-refractivity contribution in [3.63, 3.8) is 0 Å². The SMILES string of the molecule is CCc1cc(N2CCN(C(=O)OC(C)(C)C)CC2)cc2c1N=c1c(C)cc(N3CCOCC3)cc1=S2I. The smallest absolute Gasteiger partial charge is 0.410 e. The zero-order chi connectivity index (χ0) is 26.3. The van der Waals surface area contributed by atoms with Gasteiger partial charge in [0.2, 0.25) is 0 Å². The average Bonchev–Trinajstić information content (AvgIpc) is 2.88. The molecule has 5 rings (SSSR count). The molecule has 3 heterocycles. The summed E-state index contributed by atoms with van der Waals surface area (Å²) in [5.41, 5.74) is 5.71. The molecule has 1 atom stereocenters. The molecule has 2 aromatic rings. The van der Waals surface area contributed by atoms with Gasteiger partial charge in [-0.2, -0.15) is 0 Å². The van der Waals surface area contributed by atoms with E-state index in [4.69, 9.17) is 14.5 Å². The van der Waals surface area contributed by atoms with Crippen molar-refractivity contribution in [2.75, 3.05) is 62.3 Å². The number of morpholine rings is 1. The Labute approximate surface area is 234 Å². The van der Waals surface area contributed by atoms with E-state index in [1.807, 2.05) is 25.7 Å². The summed E-state index contributed by atoms with van der Waals surface area (Å²) in [6.07, 6.45) is 0.716. The number of halogens is 1. The molecule has 3 aliphatic heterocycles. The highest BCUT2D eigenvalue weighted by atomic mass is 127. The molecule has 0 spiro atoms. The van der Waals surface area contributed by atoms with Crippen molar-refractivity contribution in [2.24, 2.45) is 4.99 Å². The molecule has 0 aromatic heterocycles. The van der Waals surface area contributed by atoms with Gasteiger partial charge in [-0.15, -0.1) is 0 Å². The number of anilines is 2. The van der Waals surface area contributed by atoms with Crippen molar-refractivity contribution in [2.45, 2.75) is 51.5 Å². The van der Waals surface area contributed by atoms with Gasteiger partial charge in [-0.3, -0.25) is 0 Å². The maximum absolute atomic E-state index is 12.5. The predicted molar refractivity (Wildman–Crippen MR) is 160 cm³/mol. The highest BCUT2D eigenvalue weighted by Gasteiger charge is 2.27. The molecule has 0 saturated carbocycles. The van der Waals surface area contributed by atoms with E-state index in [9.17, 15) is 4.79 Å². The van der Waals surface area contributed by atoms with E-state index >= 15 is 0 Å². The van der Waals surface area contributed by atoms with Gasteiger partial charge < -0.3 is 24.2 Å². The van der Waals surface area contributed by atoms with E-state index in [1.165, 1.54) is 31.9 Å². The van der Waals surface area contributed by atoms with Gasteiger partial charge in [0.25, 0.3) is 0 Å². The lowest BCUT2D eigenvalue weighted by Gasteiger charge is -2.37. The number of amides is 1. The number of aryl methyl sites for hydroxylation is 2. The predicted octanol–water partition coefficient (Wildman–Crippen LogP) is 5.64. The first kappa shape index (κ1) is 26.7. The summed E-state index contributed by atoms with van der Waals surface area (Å²) in [4.78, 5) is 25.8. The zero-order valence-electron chi connectivity index (χ0n) is 22.5. The summed E-state index contributed by atoms with van der Waals surface area (Å²) in [7, 11) is -0.110. The number of carbonyl (C=O) groups excluding carboxylic acids is 1. The summed E-state index contributed by atoms with van der Waals surface area (Å²) in [6.45, 7) is 16.5. The number of piperazine rings is 1. The van der Waals surface area contributed by atoms with Crippen LogP contribution in [0.4, 0.5) is 21.9 Å². The molecule has 0 radical (unpaired) electrons. The van der Waals surface area contributed by atoms with Crippen molar-refractivity contribution in [1.29, 1.82) is 0 Å². The molecule has 37 heavy (non-hydrogen) atoms. The lowest BCUT2D eigenvalue weighted by Crippen LogP contribution is -2.50. The zero-order valence-corrected chi connectivity index (χ0v) is 25.4. The van der Waals surface area contributed by atoms with Crippen molar-refractivity contribution in [3.8, 4) is 0 Å². The molecule has 2 fully saturated rings. The molecular formula is C28H37IN4O3S. The molecule has 7 nitrogen and oxygen atoms in total. The highest BCUT2D eigenvalue weighted by molar-refractivity contribution is 14.2.